The molecule has 0 saturated heterocycles. The number of H-pyrrole nitrogens is 1. The van der Waals surface area contributed by atoms with Gasteiger partial charge in [0.05, 0.1) is 24.6 Å². The number of nitrogens with zero attached hydrogens (tertiary/aromatic N) is 1. The molecule has 1 aromatic heterocycles. The summed E-state index contributed by atoms with van der Waals surface area (Å²) in [7, 11) is 1.55. The first kappa shape index (κ1) is 11.7. The second-order valence-electron chi connectivity index (χ2n) is 3.29. The van der Waals surface area contributed by atoms with Gasteiger partial charge in [-0.2, -0.15) is 5.10 Å². The third-order valence-electron chi connectivity index (χ3n) is 2.17. The molecule has 2 rings (SSSR count). The minimum Gasteiger partial charge on any atom is -0.495 e. The van der Waals surface area contributed by atoms with E-state index >= 15 is 0 Å². The number of nitrogens with one attached hydrogen (secondary N) is 2. The van der Waals surface area contributed by atoms with E-state index in [1.807, 2.05) is 6.07 Å². The summed E-state index contributed by atoms with van der Waals surface area (Å²) < 4.78 is 6.02. The molecule has 88 valence electrons. The smallest absolute Gasteiger partial charge is 0.258 e. The Balaban J connectivity index is 2.23. The van der Waals surface area contributed by atoms with E-state index in [-0.39, 0.29) is 5.91 Å². The predicted octanol–water partition coefficient (Wildman–Crippen LogP) is 2.43. The van der Waals surface area contributed by atoms with Crippen LogP contribution in [-0.2, 0) is 0 Å². The number of hydrogen-bond donors (Lipinski definition) is 2. The molecule has 0 aliphatic rings. The van der Waals surface area contributed by atoms with Crippen LogP contribution in [0.2, 0.25) is 0 Å². The summed E-state index contributed by atoms with van der Waals surface area (Å²) in [6.07, 6.45) is 2.99. The normalized spacial score (nSPS) is 10.0. The van der Waals surface area contributed by atoms with Gasteiger partial charge in [0, 0.05) is 10.7 Å². The van der Waals surface area contributed by atoms with Gasteiger partial charge in [0.2, 0.25) is 0 Å². The Hall–Kier alpha value is -1.82. The molecule has 0 radical (unpaired) electrons. The van der Waals surface area contributed by atoms with Crippen LogP contribution in [0, 0.1) is 0 Å². The average Bonchev–Trinajstić information content (AvgIpc) is 2.83. The number of ether oxygens (including phenoxy) is 1. The molecule has 1 aromatic carbocycles. The Bertz CT molecular complexity index is 526. The highest BCUT2D eigenvalue weighted by atomic mass is 79.9. The highest BCUT2D eigenvalue weighted by molar-refractivity contribution is 9.10. The summed E-state index contributed by atoms with van der Waals surface area (Å²) in [5.41, 5.74) is 1.07. The molecule has 2 N–H and O–H groups in total. The van der Waals surface area contributed by atoms with Crippen molar-refractivity contribution in [3.8, 4) is 5.75 Å². The van der Waals surface area contributed by atoms with E-state index in [0.717, 1.165) is 4.47 Å². The quantitative estimate of drug-likeness (QED) is 0.914. The Kier molecular flexibility index (Phi) is 3.43. The molecule has 17 heavy (non-hydrogen) atoms. The Morgan fingerprint density at radius 1 is 1.53 bits per heavy atom. The van der Waals surface area contributed by atoms with Crippen molar-refractivity contribution in [3.63, 3.8) is 0 Å². The summed E-state index contributed by atoms with van der Waals surface area (Å²) in [4.78, 5) is 11.8. The highest BCUT2D eigenvalue weighted by Crippen LogP contribution is 2.28. The number of rotatable bonds is 3. The summed E-state index contributed by atoms with van der Waals surface area (Å²) in [6, 6.07) is 5.39. The van der Waals surface area contributed by atoms with Gasteiger partial charge in [0.25, 0.3) is 5.91 Å². The number of aromatic amines is 1. The van der Waals surface area contributed by atoms with Crippen LogP contribution >= 0.6 is 15.9 Å². The minimum atomic E-state index is -0.241. The number of hydrogen-bond acceptors (Lipinski definition) is 3. The van der Waals surface area contributed by atoms with Crippen LogP contribution in [0.5, 0.6) is 5.75 Å². The largest absolute Gasteiger partial charge is 0.495 e. The molecule has 6 heteroatoms. The van der Waals surface area contributed by atoms with Crippen molar-refractivity contribution in [1.82, 2.24) is 10.2 Å². The van der Waals surface area contributed by atoms with Gasteiger partial charge < -0.3 is 10.1 Å². The Morgan fingerprint density at radius 3 is 3.00 bits per heavy atom. The van der Waals surface area contributed by atoms with Crippen molar-refractivity contribution >= 4 is 27.5 Å². The number of carbonyl (C=O) groups is 1. The summed E-state index contributed by atoms with van der Waals surface area (Å²) in [5.74, 6) is 0.361. The lowest BCUT2D eigenvalue weighted by atomic mass is 10.2. The topological polar surface area (TPSA) is 67.0 Å². The Morgan fingerprint density at radius 2 is 2.35 bits per heavy atom. The third-order valence-corrected chi connectivity index (χ3v) is 2.66. The second kappa shape index (κ2) is 5.01. The lowest BCUT2D eigenvalue weighted by Crippen LogP contribution is -2.11. The third kappa shape index (κ3) is 2.65. The number of carbonyl (C=O) groups excluding carboxylic acids is 1. The molecular weight excluding hydrogens is 286 g/mol. The zero-order valence-corrected chi connectivity index (χ0v) is 10.6. The summed E-state index contributed by atoms with van der Waals surface area (Å²) in [6.45, 7) is 0. The van der Waals surface area contributed by atoms with Crippen molar-refractivity contribution in [2.75, 3.05) is 12.4 Å². The average molecular weight is 296 g/mol. The maximum Gasteiger partial charge on any atom is 0.258 e. The lowest BCUT2D eigenvalue weighted by Gasteiger charge is -2.09. The van der Waals surface area contributed by atoms with Crippen LogP contribution < -0.4 is 10.1 Å². The molecule has 2 aromatic rings. The van der Waals surface area contributed by atoms with Gasteiger partial charge in [-0.1, -0.05) is 15.9 Å². The SMILES string of the molecule is COc1ccc(Br)cc1NC(=O)c1cn[nH]c1. The number of benzene rings is 1. The number of anilines is 1. The van der Waals surface area contributed by atoms with Crippen molar-refractivity contribution in [3.05, 3.63) is 40.6 Å². The molecule has 0 bridgehead atoms. The van der Waals surface area contributed by atoms with Gasteiger partial charge in [-0.3, -0.25) is 9.89 Å². The fourth-order valence-electron chi connectivity index (χ4n) is 1.35. The van der Waals surface area contributed by atoms with E-state index < -0.39 is 0 Å². The highest BCUT2D eigenvalue weighted by Gasteiger charge is 2.10. The molecule has 0 unspecified atom stereocenters. The van der Waals surface area contributed by atoms with Crippen LogP contribution in [0.1, 0.15) is 10.4 Å². The van der Waals surface area contributed by atoms with Gasteiger partial charge in [-0.15, -0.1) is 0 Å². The predicted molar refractivity (Wildman–Crippen MR) is 67.2 cm³/mol. The maximum absolute atomic E-state index is 11.8. The van der Waals surface area contributed by atoms with Crippen LogP contribution in [0.15, 0.2) is 35.1 Å². The van der Waals surface area contributed by atoms with E-state index in [2.05, 4.69) is 31.4 Å². The molecule has 0 fully saturated rings. The van der Waals surface area contributed by atoms with E-state index in [9.17, 15) is 4.79 Å². The van der Waals surface area contributed by atoms with Gasteiger partial charge >= 0.3 is 0 Å². The Labute approximate surface area is 106 Å². The zero-order valence-electron chi connectivity index (χ0n) is 9.03. The van der Waals surface area contributed by atoms with E-state index in [1.165, 1.54) is 12.4 Å². The van der Waals surface area contributed by atoms with Gasteiger partial charge in [-0.05, 0) is 18.2 Å². The maximum atomic E-state index is 11.8. The van der Waals surface area contributed by atoms with Gasteiger partial charge in [0.15, 0.2) is 0 Å². The van der Waals surface area contributed by atoms with Crippen molar-refractivity contribution in [1.29, 1.82) is 0 Å². The van der Waals surface area contributed by atoms with E-state index in [4.69, 9.17) is 4.74 Å². The molecule has 0 atom stereocenters. The van der Waals surface area contributed by atoms with Gasteiger partial charge in [-0.25, -0.2) is 0 Å². The molecule has 0 aliphatic carbocycles. The van der Waals surface area contributed by atoms with Crippen LogP contribution in [-0.4, -0.2) is 23.2 Å². The van der Waals surface area contributed by atoms with Crippen molar-refractivity contribution < 1.29 is 9.53 Å². The lowest BCUT2D eigenvalue weighted by molar-refractivity contribution is 0.102. The minimum absolute atomic E-state index is 0.241. The zero-order chi connectivity index (χ0) is 12.3. The standard InChI is InChI=1S/C11H10BrN3O2/c1-17-10-3-2-8(12)4-9(10)15-11(16)7-5-13-14-6-7/h2-6H,1H3,(H,13,14)(H,15,16). The van der Waals surface area contributed by atoms with E-state index in [0.29, 0.717) is 17.0 Å². The molecule has 1 heterocycles. The molecule has 0 aliphatic heterocycles. The second-order valence-corrected chi connectivity index (χ2v) is 4.20. The first-order valence-electron chi connectivity index (χ1n) is 4.84. The van der Waals surface area contributed by atoms with Crippen molar-refractivity contribution in [2.24, 2.45) is 0 Å². The van der Waals surface area contributed by atoms with E-state index in [1.54, 1.807) is 19.2 Å². The summed E-state index contributed by atoms with van der Waals surface area (Å²) >= 11 is 3.34. The molecule has 1 amide bonds. The molecule has 0 saturated carbocycles. The monoisotopic (exact) mass is 295 g/mol. The summed E-state index contributed by atoms with van der Waals surface area (Å²) in [5, 5.41) is 9.05. The van der Waals surface area contributed by atoms with Gasteiger partial charge in [0.1, 0.15) is 5.75 Å². The molecule has 0 spiro atoms. The van der Waals surface area contributed by atoms with Crippen LogP contribution in [0.3, 0.4) is 0 Å². The van der Waals surface area contributed by atoms with Crippen LogP contribution in [0.4, 0.5) is 5.69 Å². The molecule has 5 nitrogen and oxygen atoms in total. The van der Waals surface area contributed by atoms with Crippen LogP contribution in [0.25, 0.3) is 0 Å². The fourth-order valence-corrected chi connectivity index (χ4v) is 1.71. The first-order chi connectivity index (χ1) is 8.20. The number of aromatic nitrogens is 2. The van der Waals surface area contributed by atoms with Crippen molar-refractivity contribution in [2.45, 2.75) is 0 Å². The number of methoxy groups -OCH3 is 1. The number of amides is 1. The molecular formula is C11H10BrN3O2. The fraction of sp³-hybridized carbons (Fsp3) is 0.0909. The number of halogens is 1. The first-order valence-corrected chi connectivity index (χ1v) is 5.63.